The van der Waals surface area contributed by atoms with Crippen LogP contribution in [0.2, 0.25) is 0 Å². The summed E-state index contributed by atoms with van der Waals surface area (Å²) in [7, 11) is 0. The van der Waals surface area contributed by atoms with E-state index < -0.39 is 5.92 Å². The van der Waals surface area contributed by atoms with Gasteiger partial charge in [-0.25, -0.2) is 0 Å². The van der Waals surface area contributed by atoms with E-state index in [1.807, 2.05) is 24.3 Å². The first-order valence-corrected chi connectivity index (χ1v) is 6.32. The summed E-state index contributed by atoms with van der Waals surface area (Å²) >= 11 is 0. The molecule has 1 atom stereocenters. The van der Waals surface area contributed by atoms with Crippen molar-refractivity contribution >= 4 is 5.97 Å². The van der Waals surface area contributed by atoms with Gasteiger partial charge in [-0.05, 0) is 35.7 Å². The third kappa shape index (κ3) is 1.97. The Hall–Kier alpha value is -2.29. The number of phenols is 1. The summed E-state index contributed by atoms with van der Waals surface area (Å²) in [5.74, 6) is -0.0440. The smallest absolute Gasteiger partial charge is 0.323 e. The van der Waals surface area contributed by atoms with E-state index in [-0.39, 0.29) is 11.7 Å². The number of ether oxygens (including phenoxy) is 1. The average Bonchev–Trinajstić information content (AvgIpc) is 2.74. The Morgan fingerprint density at radius 2 is 1.89 bits per heavy atom. The first-order chi connectivity index (χ1) is 9.19. The molecular formula is C16H14O3. The molecule has 0 amide bonds. The zero-order chi connectivity index (χ0) is 13.4. The molecule has 0 bridgehead atoms. The van der Waals surface area contributed by atoms with Gasteiger partial charge >= 0.3 is 5.97 Å². The van der Waals surface area contributed by atoms with E-state index in [1.54, 1.807) is 12.1 Å². The summed E-state index contributed by atoms with van der Waals surface area (Å²) < 4.78 is 5.24. The molecule has 0 saturated heterocycles. The van der Waals surface area contributed by atoms with Crippen LogP contribution in [0.5, 0.6) is 11.5 Å². The van der Waals surface area contributed by atoms with Crippen LogP contribution in [0.4, 0.5) is 0 Å². The van der Waals surface area contributed by atoms with Crippen molar-refractivity contribution < 1.29 is 14.6 Å². The molecule has 1 N–H and O–H groups in total. The van der Waals surface area contributed by atoms with Crippen molar-refractivity contribution in [2.75, 3.05) is 0 Å². The normalized spacial score (nSPS) is 17.1. The topological polar surface area (TPSA) is 46.5 Å². The molecule has 96 valence electrons. The van der Waals surface area contributed by atoms with E-state index >= 15 is 0 Å². The molecule has 0 radical (unpaired) electrons. The second kappa shape index (κ2) is 4.43. The number of aryl methyl sites for hydroxylation is 1. The molecule has 2 aromatic carbocycles. The summed E-state index contributed by atoms with van der Waals surface area (Å²) in [4.78, 5) is 12.0. The summed E-state index contributed by atoms with van der Waals surface area (Å²) in [5.41, 5.74) is 2.85. The highest BCUT2D eigenvalue weighted by Gasteiger charge is 2.34. The molecule has 1 aliphatic heterocycles. The summed E-state index contributed by atoms with van der Waals surface area (Å²) in [6.07, 6.45) is 0.965. The van der Waals surface area contributed by atoms with Crippen molar-refractivity contribution in [1.29, 1.82) is 0 Å². The summed E-state index contributed by atoms with van der Waals surface area (Å²) in [6.45, 7) is 2.09. The third-order valence-electron chi connectivity index (χ3n) is 3.47. The predicted molar refractivity (Wildman–Crippen MR) is 71.4 cm³/mol. The molecular weight excluding hydrogens is 240 g/mol. The van der Waals surface area contributed by atoms with Crippen molar-refractivity contribution in [2.24, 2.45) is 0 Å². The second-order valence-corrected chi connectivity index (χ2v) is 4.67. The van der Waals surface area contributed by atoms with Crippen LogP contribution in [0, 0.1) is 0 Å². The number of fused-ring (bicyclic) bond motifs is 1. The van der Waals surface area contributed by atoms with E-state index in [0.717, 1.165) is 17.5 Å². The Labute approximate surface area is 111 Å². The SMILES string of the molecule is CCc1ccc(C2C(=O)Oc3ccc(O)cc32)cc1. The van der Waals surface area contributed by atoms with Gasteiger partial charge in [0.1, 0.15) is 17.4 Å². The molecule has 0 saturated carbocycles. The maximum absolute atomic E-state index is 12.0. The minimum atomic E-state index is -0.437. The molecule has 1 heterocycles. The fourth-order valence-electron chi connectivity index (χ4n) is 2.41. The van der Waals surface area contributed by atoms with Crippen LogP contribution in [0.15, 0.2) is 42.5 Å². The van der Waals surface area contributed by atoms with Gasteiger partial charge in [0.05, 0.1) is 0 Å². The molecule has 2 aromatic rings. The molecule has 0 aliphatic carbocycles. The lowest BCUT2D eigenvalue weighted by molar-refractivity contribution is -0.133. The number of phenolic OH excluding ortho intramolecular Hbond substituents is 1. The molecule has 0 spiro atoms. The Bertz CT molecular complexity index is 629. The Balaban J connectivity index is 2.05. The van der Waals surface area contributed by atoms with Gasteiger partial charge in [0.15, 0.2) is 0 Å². The van der Waals surface area contributed by atoms with Gasteiger partial charge in [-0.2, -0.15) is 0 Å². The molecule has 3 heteroatoms. The molecule has 1 unspecified atom stereocenters. The predicted octanol–water partition coefficient (Wildman–Crippen LogP) is 3.01. The van der Waals surface area contributed by atoms with Crippen molar-refractivity contribution in [3.05, 3.63) is 59.2 Å². The average molecular weight is 254 g/mol. The van der Waals surface area contributed by atoms with Crippen LogP contribution in [0.25, 0.3) is 0 Å². The number of hydrogen-bond donors (Lipinski definition) is 1. The van der Waals surface area contributed by atoms with Crippen LogP contribution in [0.1, 0.15) is 29.5 Å². The fraction of sp³-hybridized carbons (Fsp3) is 0.188. The highest BCUT2D eigenvalue weighted by atomic mass is 16.5. The molecule has 3 rings (SSSR count). The Morgan fingerprint density at radius 3 is 2.58 bits per heavy atom. The first-order valence-electron chi connectivity index (χ1n) is 6.32. The number of carbonyl (C=O) groups excluding carboxylic acids is 1. The highest BCUT2D eigenvalue weighted by molar-refractivity contribution is 5.89. The summed E-state index contributed by atoms with van der Waals surface area (Å²) in [6, 6.07) is 12.7. The largest absolute Gasteiger partial charge is 0.508 e. The number of benzene rings is 2. The standard InChI is InChI=1S/C16H14O3/c1-2-10-3-5-11(6-4-10)15-13-9-12(17)7-8-14(13)19-16(15)18/h3-9,15,17H,2H2,1H3. The lowest BCUT2D eigenvalue weighted by atomic mass is 9.91. The lowest BCUT2D eigenvalue weighted by Gasteiger charge is -2.08. The van der Waals surface area contributed by atoms with Crippen LogP contribution >= 0.6 is 0 Å². The second-order valence-electron chi connectivity index (χ2n) is 4.67. The molecule has 0 aromatic heterocycles. The van der Waals surface area contributed by atoms with Crippen molar-refractivity contribution in [1.82, 2.24) is 0 Å². The number of carbonyl (C=O) groups is 1. The fourth-order valence-corrected chi connectivity index (χ4v) is 2.41. The quantitative estimate of drug-likeness (QED) is 0.662. The highest BCUT2D eigenvalue weighted by Crippen LogP contribution is 2.40. The first kappa shape index (κ1) is 11.8. The van der Waals surface area contributed by atoms with Crippen molar-refractivity contribution in [3.63, 3.8) is 0 Å². The van der Waals surface area contributed by atoms with E-state index in [2.05, 4.69) is 6.92 Å². The zero-order valence-electron chi connectivity index (χ0n) is 10.6. The van der Waals surface area contributed by atoms with Crippen LogP contribution in [-0.4, -0.2) is 11.1 Å². The van der Waals surface area contributed by atoms with Crippen LogP contribution < -0.4 is 4.74 Å². The number of esters is 1. The number of aromatic hydroxyl groups is 1. The van der Waals surface area contributed by atoms with Crippen LogP contribution in [-0.2, 0) is 11.2 Å². The Morgan fingerprint density at radius 1 is 1.16 bits per heavy atom. The van der Waals surface area contributed by atoms with Gasteiger partial charge in [-0.3, -0.25) is 4.79 Å². The maximum Gasteiger partial charge on any atom is 0.323 e. The van der Waals surface area contributed by atoms with Gasteiger partial charge < -0.3 is 9.84 Å². The number of hydrogen-bond acceptors (Lipinski definition) is 3. The van der Waals surface area contributed by atoms with E-state index in [9.17, 15) is 9.90 Å². The number of rotatable bonds is 2. The minimum absolute atomic E-state index is 0.146. The van der Waals surface area contributed by atoms with E-state index in [4.69, 9.17) is 4.74 Å². The summed E-state index contributed by atoms with van der Waals surface area (Å²) in [5, 5.41) is 9.56. The van der Waals surface area contributed by atoms with Gasteiger partial charge in [0.25, 0.3) is 0 Å². The zero-order valence-corrected chi connectivity index (χ0v) is 10.6. The van der Waals surface area contributed by atoms with Crippen molar-refractivity contribution in [3.8, 4) is 11.5 Å². The monoisotopic (exact) mass is 254 g/mol. The van der Waals surface area contributed by atoms with Gasteiger partial charge in [-0.1, -0.05) is 31.2 Å². The molecule has 19 heavy (non-hydrogen) atoms. The van der Waals surface area contributed by atoms with Crippen molar-refractivity contribution in [2.45, 2.75) is 19.3 Å². The van der Waals surface area contributed by atoms with Gasteiger partial charge in [0, 0.05) is 5.56 Å². The molecule has 3 nitrogen and oxygen atoms in total. The van der Waals surface area contributed by atoms with Gasteiger partial charge in [0.2, 0.25) is 0 Å². The van der Waals surface area contributed by atoms with E-state index in [0.29, 0.717) is 5.75 Å². The van der Waals surface area contributed by atoms with Crippen LogP contribution in [0.3, 0.4) is 0 Å². The molecule has 0 fully saturated rings. The molecule has 1 aliphatic rings. The van der Waals surface area contributed by atoms with Gasteiger partial charge in [-0.15, -0.1) is 0 Å². The third-order valence-corrected chi connectivity index (χ3v) is 3.47. The van der Waals surface area contributed by atoms with E-state index in [1.165, 1.54) is 11.6 Å². The minimum Gasteiger partial charge on any atom is -0.508 e. The lowest BCUT2D eigenvalue weighted by Crippen LogP contribution is -2.11. The Kier molecular flexibility index (Phi) is 2.75. The maximum atomic E-state index is 12.0.